The highest BCUT2D eigenvalue weighted by Gasteiger charge is 2.31. The molecule has 0 spiro atoms. The van der Waals surface area contributed by atoms with Gasteiger partial charge in [0, 0.05) is 26.2 Å². The molecule has 7 nitrogen and oxygen atoms in total. The van der Waals surface area contributed by atoms with Gasteiger partial charge in [0.1, 0.15) is 11.4 Å². The first-order valence-corrected chi connectivity index (χ1v) is 8.76. The monoisotopic (exact) mass is 350 g/mol. The lowest BCUT2D eigenvalue weighted by Crippen LogP contribution is -2.39. The largest absolute Gasteiger partial charge is 0.480 e. The number of fused-ring (bicyclic) bond motifs is 1. The third-order valence-electron chi connectivity index (χ3n) is 4.37. The summed E-state index contributed by atoms with van der Waals surface area (Å²) in [7, 11) is 3.16. The van der Waals surface area contributed by atoms with Crippen molar-refractivity contribution in [2.24, 2.45) is 5.73 Å². The Morgan fingerprint density at radius 3 is 2.88 bits per heavy atom. The Morgan fingerprint density at radius 1 is 1.42 bits per heavy atom. The van der Waals surface area contributed by atoms with E-state index in [-0.39, 0.29) is 11.9 Å². The van der Waals surface area contributed by atoms with E-state index in [1.807, 2.05) is 11.8 Å². The molecule has 130 valence electrons. The van der Waals surface area contributed by atoms with Crippen molar-refractivity contribution in [1.29, 1.82) is 0 Å². The average Bonchev–Trinajstić information content (AvgIpc) is 3.18. The zero-order valence-electron chi connectivity index (χ0n) is 14.2. The Hall–Kier alpha value is -1.77. The van der Waals surface area contributed by atoms with Crippen LogP contribution in [0.25, 0.3) is 10.2 Å². The topological polar surface area (TPSA) is 90.6 Å². The van der Waals surface area contributed by atoms with Crippen molar-refractivity contribution in [1.82, 2.24) is 14.9 Å². The number of methoxy groups -OCH3 is 2. The van der Waals surface area contributed by atoms with Gasteiger partial charge in [0.25, 0.3) is 5.91 Å². The molecule has 1 amide bonds. The van der Waals surface area contributed by atoms with E-state index >= 15 is 0 Å². The lowest BCUT2D eigenvalue weighted by atomic mass is 10.2. The first kappa shape index (κ1) is 17.1. The van der Waals surface area contributed by atoms with Gasteiger partial charge in [-0.25, -0.2) is 4.98 Å². The van der Waals surface area contributed by atoms with Crippen molar-refractivity contribution in [3.63, 3.8) is 0 Å². The second-order valence-corrected chi connectivity index (χ2v) is 6.85. The Labute approximate surface area is 144 Å². The van der Waals surface area contributed by atoms with E-state index in [9.17, 15) is 4.79 Å². The van der Waals surface area contributed by atoms with Crippen LogP contribution in [-0.4, -0.2) is 54.1 Å². The molecule has 8 heteroatoms. The molecule has 1 atom stereocenters. The van der Waals surface area contributed by atoms with Crippen molar-refractivity contribution in [3.8, 4) is 5.88 Å². The molecule has 0 radical (unpaired) electrons. The van der Waals surface area contributed by atoms with Gasteiger partial charge in [0.05, 0.1) is 17.4 Å². The molecule has 0 saturated carbocycles. The van der Waals surface area contributed by atoms with Gasteiger partial charge < -0.3 is 20.1 Å². The number of rotatable bonds is 5. The predicted octanol–water partition coefficient (Wildman–Crippen LogP) is 1.72. The number of amides is 1. The summed E-state index contributed by atoms with van der Waals surface area (Å²) in [5.41, 5.74) is 6.67. The van der Waals surface area contributed by atoms with E-state index in [0.29, 0.717) is 29.7 Å². The summed E-state index contributed by atoms with van der Waals surface area (Å²) in [6, 6.07) is 0.124. The predicted molar refractivity (Wildman–Crippen MR) is 92.5 cm³/mol. The fraction of sp³-hybridized carbons (Fsp3) is 0.562. The number of likely N-dealkylation sites (tertiary alicyclic amines) is 1. The Balaban J connectivity index is 2.06. The van der Waals surface area contributed by atoms with Crippen LogP contribution in [0, 0.1) is 6.92 Å². The maximum atomic E-state index is 13.0. The van der Waals surface area contributed by atoms with Crippen LogP contribution < -0.4 is 10.5 Å². The van der Waals surface area contributed by atoms with Gasteiger partial charge in [-0.2, -0.15) is 4.98 Å². The van der Waals surface area contributed by atoms with Crippen LogP contribution in [-0.2, 0) is 11.3 Å². The number of hydrogen-bond acceptors (Lipinski definition) is 7. The van der Waals surface area contributed by atoms with Gasteiger partial charge in [-0.05, 0) is 25.3 Å². The van der Waals surface area contributed by atoms with Gasteiger partial charge >= 0.3 is 0 Å². The van der Waals surface area contributed by atoms with E-state index in [4.69, 9.17) is 15.2 Å². The normalized spacial score (nSPS) is 17.7. The van der Waals surface area contributed by atoms with Crippen LogP contribution in [0.15, 0.2) is 0 Å². The zero-order valence-corrected chi connectivity index (χ0v) is 15.0. The van der Waals surface area contributed by atoms with E-state index < -0.39 is 0 Å². The van der Waals surface area contributed by atoms with Gasteiger partial charge in [-0.1, -0.05) is 0 Å². The minimum atomic E-state index is 0.0267. The summed E-state index contributed by atoms with van der Waals surface area (Å²) in [4.78, 5) is 25.2. The lowest BCUT2D eigenvalue weighted by molar-refractivity contribution is 0.0745. The quantitative estimate of drug-likeness (QED) is 0.883. The van der Waals surface area contributed by atoms with Crippen LogP contribution >= 0.6 is 11.3 Å². The molecular formula is C16H22N4O3S. The molecule has 3 heterocycles. The molecule has 1 aliphatic rings. The third kappa shape index (κ3) is 2.85. The number of thiophene rings is 1. The summed E-state index contributed by atoms with van der Waals surface area (Å²) in [5, 5.41) is 0.800. The molecule has 2 aromatic rings. The van der Waals surface area contributed by atoms with Crippen molar-refractivity contribution in [2.75, 3.05) is 27.3 Å². The average molecular weight is 350 g/mol. The zero-order chi connectivity index (χ0) is 17.3. The molecule has 1 unspecified atom stereocenters. The lowest BCUT2D eigenvalue weighted by Gasteiger charge is -2.23. The molecule has 1 saturated heterocycles. The number of carbonyl (C=O) groups is 1. The fourth-order valence-corrected chi connectivity index (χ4v) is 4.31. The summed E-state index contributed by atoms with van der Waals surface area (Å²) >= 11 is 1.38. The van der Waals surface area contributed by atoms with Crippen LogP contribution in [0.4, 0.5) is 0 Å². The Morgan fingerprint density at radius 2 is 2.21 bits per heavy atom. The number of nitrogens with zero attached hydrogens (tertiary/aromatic N) is 3. The first-order valence-electron chi connectivity index (χ1n) is 7.94. The van der Waals surface area contributed by atoms with Crippen molar-refractivity contribution >= 4 is 27.5 Å². The second-order valence-electron chi connectivity index (χ2n) is 5.85. The molecular weight excluding hydrogens is 328 g/mol. The van der Waals surface area contributed by atoms with Crippen molar-refractivity contribution in [2.45, 2.75) is 32.4 Å². The number of aryl methyl sites for hydroxylation is 1. The number of nitrogens with two attached hydrogens (primary N) is 1. The number of aromatic nitrogens is 2. The molecule has 3 rings (SSSR count). The third-order valence-corrected chi connectivity index (χ3v) is 5.55. The minimum absolute atomic E-state index is 0.0267. The summed E-state index contributed by atoms with van der Waals surface area (Å²) in [5.74, 6) is 1.05. The SMILES string of the molecule is COCc1nc(OC)c2c(C)c(C(=O)N3CCCC3CN)sc2n1. The standard InChI is InChI=1S/C16H22N4O3S/c1-9-12-14(23-3)18-11(8-22-2)19-15(12)24-13(9)16(21)20-6-4-5-10(20)7-17/h10H,4-8,17H2,1-3H3. The van der Waals surface area contributed by atoms with Gasteiger partial charge in [0.2, 0.25) is 5.88 Å². The van der Waals surface area contributed by atoms with Crippen LogP contribution in [0.3, 0.4) is 0 Å². The summed E-state index contributed by atoms with van der Waals surface area (Å²) < 4.78 is 10.5. The van der Waals surface area contributed by atoms with Crippen molar-refractivity contribution < 1.29 is 14.3 Å². The molecule has 24 heavy (non-hydrogen) atoms. The summed E-state index contributed by atoms with van der Waals surface area (Å²) in [6.07, 6.45) is 1.96. The highest BCUT2D eigenvalue weighted by molar-refractivity contribution is 7.20. The van der Waals surface area contributed by atoms with Gasteiger partial charge in [-0.3, -0.25) is 4.79 Å². The van der Waals surface area contributed by atoms with Crippen molar-refractivity contribution in [3.05, 3.63) is 16.3 Å². The molecule has 0 aromatic carbocycles. The molecule has 1 aliphatic heterocycles. The van der Waals surface area contributed by atoms with Gasteiger partial charge in [-0.15, -0.1) is 11.3 Å². The van der Waals surface area contributed by atoms with E-state index in [2.05, 4.69) is 9.97 Å². The summed E-state index contributed by atoms with van der Waals surface area (Å²) in [6.45, 7) is 3.47. The van der Waals surface area contributed by atoms with E-state index in [1.165, 1.54) is 11.3 Å². The maximum Gasteiger partial charge on any atom is 0.264 e. The number of hydrogen-bond donors (Lipinski definition) is 1. The minimum Gasteiger partial charge on any atom is -0.480 e. The number of carbonyl (C=O) groups excluding carboxylic acids is 1. The van der Waals surface area contributed by atoms with E-state index in [1.54, 1.807) is 14.2 Å². The highest BCUT2D eigenvalue weighted by atomic mass is 32.1. The van der Waals surface area contributed by atoms with E-state index in [0.717, 1.165) is 35.2 Å². The molecule has 0 aliphatic carbocycles. The Kier molecular flexibility index (Phi) is 4.98. The molecule has 2 N–H and O–H groups in total. The second kappa shape index (κ2) is 7.00. The van der Waals surface area contributed by atoms with Gasteiger partial charge in [0.15, 0.2) is 5.82 Å². The van der Waals surface area contributed by atoms with Crippen LogP contribution in [0.1, 0.15) is 33.9 Å². The van der Waals surface area contributed by atoms with Crippen LogP contribution in [0.2, 0.25) is 0 Å². The Bertz CT molecular complexity index is 761. The molecule has 2 aromatic heterocycles. The highest BCUT2D eigenvalue weighted by Crippen LogP contribution is 2.36. The molecule has 1 fully saturated rings. The molecule has 0 bridgehead atoms. The maximum absolute atomic E-state index is 13.0. The van der Waals surface area contributed by atoms with Crippen LogP contribution in [0.5, 0.6) is 5.88 Å². The smallest absolute Gasteiger partial charge is 0.264 e. The first-order chi connectivity index (χ1) is 11.6. The fourth-order valence-electron chi connectivity index (χ4n) is 3.17. The number of ether oxygens (including phenoxy) is 2.